The minimum absolute atomic E-state index is 0.0776. The molecule has 2 aromatic rings. The Kier molecular flexibility index (Phi) is 6.18. The first-order chi connectivity index (χ1) is 11.7. The van der Waals surface area contributed by atoms with Crippen LogP contribution >= 0.6 is 34.8 Å². The third kappa shape index (κ3) is 4.19. The van der Waals surface area contributed by atoms with Crippen LogP contribution in [0.25, 0.3) is 0 Å². The van der Waals surface area contributed by atoms with E-state index in [1.165, 1.54) is 18.2 Å². The number of nitrogens with zero attached hydrogens (tertiary/aromatic N) is 1. The zero-order chi connectivity index (χ0) is 18.8. The second-order valence-electron chi connectivity index (χ2n) is 5.04. The molecule has 0 aliphatic carbocycles. The molecule has 0 unspecified atom stereocenters. The molecule has 0 aliphatic heterocycles. The van der Waals surface area contributed by atoms with E-state index in [-0.39, 0.29) is 20.6 Å². The number of carbonyl (C=O) groups excluding carboxylic acids is 1. The van der Waals surface area contributed by atoms with E-state index in [2.05, 4.69) is 0 Å². The van der Waals surface area contributed by atoms with Crippen molar-refractivity contribution in [2.75, 3.05) is 10.8 Å². The van der Waals surface area contributed by atoms with Gasteiger partial charge in [0.05, 0.1) is 20.6 Å². The van der Waals surface area contributed by atoms with Crippen molar-refractivity contribution in [3.8, 4) is 0 Å². The number of amides is 1. The molecular formula is C15H14Cl3N3O3S. The highest BCUT2D eigenvalue weighted by molar-refractivity contribution is 7.92. The first kappa shape index (κ1) is 19.8. The Labute approximate surface area is 160 Å². The molecule has 0 spiro atoms. The molecule has 0 saturated carbocycles. The van der Waals surface area contributed by atoms with Crippen molar-refractivity contribution in [1.29, 1.82) is 0 Å². The molecule has 0 atom stereocenters. The van der Waals surface area contributed by atoms with Crippen LogP contribution in [0.5, 0.6) is 0 Å². The van der Waals surface area contributed by atoms with Crippen LogP contribution in [0.15, 0.2) is 41.3 Å². The van der Waals surface area contributed by atoms with Gasteiger partial charge in [0.1, 0.15) is 6.54 Å². The van der Waals surface area contributed by atoms with E-state index in [1.54, 1.807) is 25.1 Å². The third-order valence-corrected chi connectivity index (χ3v) is 6.34. The maximum atomic E-state index is 13.1. The van der Waals surface area contributed by atoms with Crippen LogP contribution in [-0.2, 0) is 14.8 Å². The van der Waals surface area contributed by atoms with Crippen molar-refractivity contribution in [2.45, 2.75) is 11.8 Å². The number of hydrogen-bond acceptors (Lipinski definition) is 4. The second kappa shape index (κ2) is 7.80. The molecule has 134 valence electrons. The standard InChI is InChI=1S/C15H14Cl3N3O3S/c1-9-11(16)3-2-4-14(9)21(8-15(22)20-19)25(23,24)10-5-6-12(17)13(18)7-10/h2-7H,8,19H2,1H3,(H,20,22). The molecule has 2 aromatic carbocycles. The van der Waals surface area contributed by atoms with Crippen molar-refractivity contribution >= 4 is 56.4 Å². The topological polar surface area (TPSA) is 92.5 Å². The lowest BCUT2D eigenvalue weighted by atomic mass is 10.2. The lowest BCUT2D eigenvalue weighted by molar-refractivity contribution is -0.119. The van der Waals surface area contributed by atoms with Gasteiger partial charge in [0.25, 0.3) is 15.9 Å². The van der Waals surface area contributed by atoms with Gasteiger partial charge in [-0.2, -0.15) is 0 Å². The summed E-state index contributed by atoms with van der Waals surface area (Å²) in [7, 11) is -4.12. The Morgan fingerprint density at radius 1 is 1.12 bits per heavy atom. The Morgan fingerprint density at radius 2 is 1.80 bits per heavy atom. The zero-order valence-electron chi connectivity index (χ0n) is 13.0. The Hall–Kier alpha value is -1.51. The summed E-state index contributed by atoms with van der Waals surface area (Å²) in [6, 6.07) is 8.63. The smallest absolute Gasteiger partial charge is 0.264 e. The molecule has 0 aromatic heterocycles. The number of hydrazine groups is 1. The first-order valence-corrected chi connectivity index (χ1v) is 9.48. The molecule has 25 heavy (non-hydrogen) atoms. The predicted molar refractivity (Wildman–Crippen MR) is 99.5 cm³/mol. The van der Waals surface area contributed by atoms with Crippen LogP contribution in [0.2, 0.25) is 15.1 Å². The lowest BCUT2D eigenvalue weighted by Crippen LogP contribution is -2.43. The lowest BCUT2D eigenvalue weighted by Gasteiger charge is -2.25. The highest BCUT2D eigenvalue weighted by Gasteiger charge is 2.29. The molecular weight excluding hydrogens is 409 g/mol. The van der Waals surface area contributed by atoms with E-state index < -0.39 is 22.5 Å². The summed E-state index contributed by atoms with van der Waals surface area (Å²) < 4.78 is 27.1. The molecule has 0 saturated heterocycles. The molecule has 0 aliphatic rings. The van der Waals surface area contributed by atoms with E-state index >= 15 is 0 Å². The predicted octanol–water partition coefficient (Wildman–Crippen LogP) is 3.14. The molecule has 0 heterocycles. The zero-order valence-corrected chi connectivity index (χ0v) is 16.0. The quantitative estimate of drug-likeness (QED) is 0.440. The van der Waals surface area contributed by atoms with Gasteiger partial charge in [0, 0.05) is 5.02 Å². The van der Waals surface area contributed by atoms with E-state index in [0.717, 1.165) is 4.31 Å². The molecule has 3 N–H and O–H groups in total. The number of nitrogens with two attached hydrogens (primary N) is 1. The van der Waals surface area contributed by atoms with Crippen LogP contribution in [-0.4, -0.2) is 20.9 Å². The van der Waals surface area contributed by atoms with Crippen LogP contribution in [0.1, 0.15) is 5.56 Å². The minimum Gasteiger partial charge on any atom is -0.293 e. The van der Waals surface area contributed by atoms with Crippen LogP contribution in [0.3, 0.4) is 0 Å². The number of benzene rings is 2. The third-order valence-electron chi connectivity index (χ3n) is 3.44. The molecule has 10 heteroatoms. The Bertz CT molecular complexity index is 919. The summed E-state index contributed by atoms with van der Waals surface area (Å²) in [5.41, 5.74) is 2.67. The van der Waals surface area contributed by atoms with Gasteiger partial charge in [-0.1, -0.05) is 40.9 Å². The van der Waals surface area contributed by atoms with Crippen LogP contribution < -0.4 is 15.6 Å². The van der Waals surface area contributed by atoms with Crippen LogP contribution in [0.4, 0.5) is 5.69 Å². The number of hydrogen-bond donors (Lipinski definition) is 2. The van der Waals surface area contributed by atoms with E-state index in [1.807, 2.05) is 5.43 Å². The fourth-order valence-electron chi connectivity index (χ4n) is 2.11. The van der Waals surface area contributed by atoms with Crippen molar-refractivity contribution in [2.24, 2.45) is 5.84 Å². The fourth-order valence-corrected chi connectivity index (χ4v) is 4.14. The summed E-state index contributed by atoms with van der Waals surface area (Å²) in [5.74, 6) is 4.42. The van der Waals surface area contributed by atoms with Gasteiger partial charge in [0.15, 0.2) is 0 Å². The average molecular weight is 423 g/mol. The number of rotatable bonds is 5. The Balaban J connectivity index is 2.63. The maximum absolute atomic E-state index is 13.1. The van der Waals surface area contributed by atoms with E-state index in [0.29, 0.717) is 10.6 Å². The molecule has 0 fully saturated rings. The summed E-state index contributed by atoms with van der Waals surface area (Å²) in [5, 5.41) is 0.652. The number of nitrogens with one attached hydrogen (secondary N) is 1. The Morgan fingerprint density at radius 3 is 2.40 bits per heavy atom. The average Bonchev–Trinajstić information content (AvgIpc) is 2.57. The largest absolute Gasteiger partial charge is 0.293 e. The summed E-state index contributed by atoms with van der Waals surface area (Å²) >= 11 is 17.9. The highest BCUT2D eigenvalue weighted by atomic mass is 35.5. The van der Waals surface area contributed by atoms with E-state index in [9.17, 15) is 13.2 Å². The fraction of sp³-hybridized carbons (Fsp3) is 0.133. The molecule has 6 nitrogen and oxygen atoms in total. The van der Waals surface area contributed by atoms with Crippen LogP contribution in [0, 0.1) is 6.92 Å². The number of carbonyl (C=O) groups is 1. The van der Waals surface area contributed by atoms with Crippen molar-refractivity contribution < 1.29 is 13.2 Å². The van der Waals surface area contributed by atoms with Crippen molar-refractivity contribution in [1.82, 2.24) is 5.43 Å². The molecule has 2 rings (SSSR count). The number of sulfonamides is 1. The van der Waals surface area contributed by atoms with Crippen molar-refractivity contribution in [3.63, 3.8) is 0 Å². The minimum atomic E-state index is -4.12. The van der Waals surface area contributed by atoms with Gasteiger partial charge in [0.2, 0.25) is 0 Å². The van der Waals surface area contributed by atoms with Gasteiger partial charge < -0.3 is 0 Å². The highest BCUT2D eigenvalue weighted by Crippen LogP contribution is 2.32. The van der Waals surface area contributed by atoms with Gasteiger partial charge in [-0.05, 0) is 42.8 Å². The SMILES string of the molecule is Cc1c(Cl)cccc1N(CC(=O)NN)S(=O)(=O)c1ccc(Cl)c(Cl)c1. The van der Waals surface area contributed by atoms with Gasteiger partial charge in [-0.3, -0.25) is 14.5 Å². The number of anilines is 1. The molecule has 1 amide bonds. The second-order valence-corrected chi connectivity index (χ2v) is 8.12. The van der Waals surface area contributed by atoms with Crippen molar-refractivity contribution in [3.05, 3.63) is 57.0 Å². The summed E-state index contributed by atoms with van der Waals surface area (Å²) in [6.07, 6.45) is 0. The normalized spacial score (nSPS) is 11.2. The van der Waals surface area contributed by atoms with Gasteiger partial charge in [-0.25, -0.2) is 14.3 Å². The number of halogens is 3. The van der Waals surface area contributed by atoms with E-state index in [4.69, 9.17) is 40.6 Å². The van der Waals surface area contributed by atoms with Gasteiger partial charge in [-0.15, -0.1) is 0 Å². The summed E-state index contributed by atoms with van der Waals surface area (Å²) in [4.78, 5) is 11.6. The van der Waals surface area contributed by atoms with Gasteiger partial charge >= 0.3 is 0 Å². The first-order valence-electron chi connectivity index (χ1n) is 6.91. The molecule has 0 bridgehead atoms. The molecule has 0 radical (unpaired) electrons. The maximum Gasteiger partial charge on any atom is 0.264 e. The monoisotopic (exact) mass is 421 g/mol. The summed E-state index contributed by atoms with van der Waals surface area (Å²) in [6.45, 7) is 1.12.